The second-order valence-electron chi connectivity index (χ2n) is 7.19. The number of amides is 2. The van der Waals surface area contributed by atoms with E-state index in [0.717, 1.165) is 17.7 Å². The molecule has 0 aliphatic rings. The molecule has 0 saturated heterocycles. The Labute approximate surface area is 175 Å². The number of nitrogens with one attached hydrogen (secondary N) is 1. The highest BCUT2D eigenvalue weighted by atomic mass is 16.7. The maximum absolute atomic E-state index is 13.2. The molecule has 158 valence electrons. The van der Waals surface area contributed by atoms with Crippen molar-refractivity contribution in [1.82, 2.24) is 4.90 Å². The molecule has 0 unspecified atom stereocenters. The largest absolute Gasteiger partial charge is 0.351 e. The van der Waals surface area contributed by atoms with Gasteiger partial charge in [-0.25, -0.2) is 4.79 Å². The molecule has 0 fully saturated rings. The standard InChI is InChI=1S/C24H34N2O3/c1-5-28-23(29-6-2)18-26(17-16-20-12-8-7-9-13-20)24(27)25-22-15-11-10-14-21(22)19(3)4/h7-15,19,23H,5-6,16-18H2,1-4H3,(H,25,27). The van der Waals surface area contributed by atoms with E-state index in [1.165, 1.54) is 5.56 Å². The molecule has 2 amide bonds. The number of rotatable bonds is 11. The highest BCUT2D eigenvalue weighted by Gasteiger charge is 2.21. The molecule has 2 aromatic rings. The SMILES string of the molecule is CCOC(CN(CCc1ccccc1)C(=O)Nc1ccccc1C(C)C)OCC. The lowest BCUT2D eigenvalue weighted by Crippen LogP contribution is -2.43. The van der Waals surface area contributed by atoms with Crippen LogP contribution < -0.4 is 5.32 Å². The summed E-state index contributed by atoms with van der Waals surface area (Å²) in [5, 5.41) is 3.09. The Bertz CT molecular complexity index is 728. The van der Waals surface area contributed by atoms with E-state index in [9.17, 15) is 4.79 Å². The fourth-order valence-corrected chi connectivity index (χ4v) is 3.20. The zero-order chi connectivity index (χ0) is 21.1. The average molecular weight is 399 g/mol. The van der Waals surface area contributed by atoms with Crippen molar-refractivity contribution >= 4 is 11.7 Å². The van der Waals surface area contributed by atoms with Crippen LogP contribution in [0, 0.1) is 0 Å². The van der Waals surface area contributed by atoms with E-state index in [2.05, 4.69) is 37.4 Å². The number of para-hydroxylation sites is 1. The summed E-state index contributed by atoms with van der Waals surface area (Å²) in [5.74, 6) is 0.323. The van der Waals surface area contributed by atoms with E-state index in [4.69, 9.17) is 9.47 Å². The summed E-state index contributed by atoms with van der Waals surface area (Å²) in [6.07, 6.45) is 0.331. The normalized spacial score (nSPS) is 11.1. The third-order valence-corrected chi connectivity index (χ3v) is 4.70. The van der Waals surface area contributed by atoms with Crippen LogP contribution in [0.4, 0.5) is 10.5 Å². The van der Waals surface area contributed by atoms with Crippen LogP contribution in [0.3, 0.4) is 0 Å². The smallest absolute Gasteiger partial charge is 0.322 e. The number of hydrogen-bond acceptors (Lipinski definition) is 3. The van der Waals surface area contributed by atoms with Gasteiger partial charge in [0, 0.05) is 25.4 Å². The van der Waals surface area contributed by atoms with E-state index >= 15 is 0 Å². The molecule has 0 aliphatic carbocycles. The molecule has 0 aliphatic heterocycles. The molecular weight excluding hydrogens is 364 g/mol. The number of hydrogen-bond donors (Lipinski definition) is 1. The van der Waals surface area contributed by atoms with Crippen LogP contribution in [0.15, 0.2) is 54.6 Å². The first kappa shape index (κ1) is 22.9. The third-order valence-electron chi connectivity index (χ3n) is 4.70. The number of anilines is 1. The van der Waals surface area contributed by atoms with Gasteiger partial charge in [-0.05, 0) is 43.4 Å². The van der Waals surface area contributed by atoms with Crippen molar-refractivity contribution < 1.29 is 14.3 Å². The van der Waals surface area contributed by atoms with Crippen molar-refractivity contribution in [1.29, 1.82) is 0 Å². The van der Waals surface area contributed by atoms with Gasteiger partial charge in [0.15, 0.2) is 6.29 Å². The Kier molecular flexibility index (Phi) is 9.68. The minimum Gasteiger partial charge on any atom is -0.351 e. The fourth-order valence-electron chi connectivity index (χ4n) is 3.20. The Balaban J connectivity index is 2.14. The number of carbonyl (C=O) groups is 1. The van der Waals surface area contributed by atoms with Crippen LogP contribution in [0.2, 0.25) is 0 Å². The molecule has 0 bridgehead atoms. The quantitative estimate of drug-likeness (QED) is 0.524. The van der Waals surface area contributed by atoms with Gasteiger partial charge in [0.1, 0.15) is 0 Å². The van der Waals surface area contributed by atoms with Crippen LogP contribution in [-0.2, 0) is 15.9 Å². The van der Waals surface area contributed by atoms with E-state index < -0.39 is 6.29 Å². The van der Waals surface area contributed by atoms with Gasteiger partial charge in [0.25, 0.3) is 0 Å². The van der Waals surface area contributed by atoms with Crippen molar-refractivity contribution in [2.75, 3.05) is 31.6 Å². The van der Waals surface area contributed by atoms with Crippen molar-refractivity contribution in [3.8, 4) is 0 Å². The number of urea groups is 1. The Morgan fingerprint density at radius 2 is 1.59 bits per heavy atom. The monoisotopic (exact) mass is 398 g/mol. The number of ether oxygens (including phenoxy) is 2. The summed E-state index contributed by atoms with van der Waals surface area (Å²) in [4.78, 5) is 14.9. The number of nitrogens with zero attached hydrogens (tertiary/aromatic N) is 1. The predicted molar refractivity (Wildman–Crippen MR) is 118 cm³/mol. The number of carbonyl (C=O) groups excluding carboxylic acids is 1. The summed E-state index contributed by atoms with van der Waals surface area (Å²) in [7, 11) is 0. The summed E-state index contributed by atoms with van der Waals surface area (Å²) in [6, 6.07) is 18.0. The average Bonchev–Trinajstić information content (AvgIpc) is 2.72. The molecule has 1 N–H and O–H groups in total. The molecule has 2 aromatic carbocycles. The molecule has 0 aromatic heterocycles. The second kappa shape index (κ2) is 12.2. The van der Waals surface area contributed by atoms with Crippen molar-refractivity contribution in [3.05, 3.63) is 65.7 Å². The summed E-state index contributed by atoms with van der Waals surface area (Å²) in [5.41, 5.74) is 3.16. The second-order valence-corrected chi connectivity index (χ2v) is 7.19. The van der Waals surface area contributed by atoms with Gasteiger partial charge in [-0.1, -0.05) is 62.4 Å². The highest BCUT2D eigenvalue weighted by Crippen LogP contribution is 2.24. The summed E-state index contributed by atoms with van der Waals surface area (Å²) < 4.78 is 11.4. The third kappa shape index (κ3) is 7.52. The van der Waals surface area contributed by atoms with Crippen LogP contribution in [-0.4, -0.2) is 43.5 Å². The maximum Gasteiger partial charge on any atom is 0.322 e. The molecule has 29 heavy (non-hydrogen) atoms. The van der Waals surface area contributed by atoms with Crippen molar-refractivity contribution in [3.63, 3.8) is 0 Å². The molecule has 0 spiro atoms. The highest BCUT2D eigenvalue weighted by molar-refractivity contribution is 5.90. The molecular formula is C24H34N2O3. The lowest BCUT2D eigenvalue weighted by molar-refractivity contribution is -0.142. The van der Waals surface area contributed by atoms with Crippen molar-refractivity contribution in [2.45, 2.75) is 46.3 Å². The number of benzene rings is 2. The topological polar surface area (TPSA) is 50.8 Å². The lowest BCUT2D eigenvalue weighted by atomic mass is 10.0. The van der Waals surface area contributed by atoms with Crippen LogP contribution in [0.1, 0.15) is 44.7 Å². The van der Waals surface area contributed by atoms with E-state index in [1.54, 1.807) is 4.90 Å². The molecule has 2 rings (SSSR count). The molecule has 0 saturated carbocycles. The maximum atomic E-state index is 13.2. The molecule has 5 heteroatoms. The van der Waals surface area contributed by atoms with Gasteiger partial charge in [-0.15, -0.1) is 0 Å². The molecule has 0 atom stereocenters. The van der Waals surface area contributed by atoms with Crippen LogP contribution in [0.5, 0.6) is 0 Å². The minimum absolute atomic E-state index is 0.140. The zero-order valence-electron chi connectivity index (χ0n) is 18.1. The van der Waals surface area contributed by atoms with Crippen LogP contribution >= 0.6 is 0 Å². The van der Waals surface area contributed by atoms with Gasteiger partial charge >= 0.3 is 6.03 Å². The molecule has 5 nitrogen and oxygen atoms in total. The van der Waals surface area contributed by atoms with Crippen molar-refractivity contribution in [2.24, 2.45) is 0 Å². The Hall–Kier alpha value is -2.37. The Morgan fingerprint density at radius 1 is 0.966 bits per heavy atom. The van der Waals surface area contributed by atoms with Gasteiger partial charge in [0.2, 0.25) is 0 Å². The fraction of sp³-hybridized carbons (Fsp3) is 0.458. The summed E-state index contributed by atoms with van der Waals surface area (Å²) >= 11 is 0. The minimum atomic E-state index is -0.438. The first-order chi connectivity index (χ1) is 14.0. The van der Waals surface area contributed by atoms with Gasteiger partial charge in [-0.3, -0.25) is 0 Å². The van der Waals surface area contributed by atoms with E-state index in [1.807, 2.05) is 50.2 Å². The summed E-state index contributed by atoms with van der Waals surface area (Å²) in [6.45, 7) is 10.1. The Morgan fingerprint density at radius 3 is 2.21 bits per heavy atom. The van der Waals surface area contributed by atoms with E-state index in [-0.39, 0.29) is 6.03 Å². The van der Waals surface area contributed by atoms with Gasteiger partial charge < -0.3 is 19.7 Å². The van der Waals surface area contributed by atoms with Gasteiger partial charge in [0.05, 0.1) is 6.54 Å². The molecule has 0 heterocycles. The predicted octanol–water partition coefficient (Wildman–Crippen LogP) is 5.29. The van der Waals surface area contributed by atoms with E-state index in [0.29, 0.717) is 32.2 Å². The van der Waals surface area contributed by atoms with Crippen LogP contribution in [0.25, 0.3) is 0 Å². The molecule has 0 radical (unpaired) electrons. The first-order valence-corrected chi connectivity index (χ1v) is 10.5. The first-order valence-electron chi connectivity index (χ1n) is 10.5. The zero-order valence-corrected chi connectivity index (χ0v) is 18.1. The lowest BCUT2D eigenvalue weighted by Gasteiger charge is -2.28. The van der Waals surface area contributed by atoms with Gasteiger partial charge in [-0.2, -0.15) is 0 Å².